The fourth-order valence-electron chi connectivity index (χ4n) is 1.11. The predicted molar refractivity (Wildman–Crippen MR) is 72.4 cm³/mol. The number of aliphatic imine (C=N–C) groups is 1. The molecule has 0 spiro atoms. The molecule has 0 bridgehead atoms. The number of rotatable bonds is 5. The van der Waals surface area contributed by atoms with Crippen molar-refractivity contribution in [3.8, 4) is 5.75 Å². The van der Waals surface area contributed by atoms with Gasteiger partial charge in [0.25, 0.3) is 0 Å². The van der Waals surface area contributed by atoms with Crippen molar-refractivity contribution >= 4 is 28.8 Å². The van der Waals surface area contributed by atoms with Gasteiger partial charge in [-0.1, -0.05) is 0 Å². The molecule has 1 rings (SSSR count). The van der Waals surface area contributed by atoms with Crippen LogP contribution in [-0.2, 0) is 0 Å². The number of nitrogens with zero attached hydrogens (tertiary/aromatic N) is 1. The first-order chi connectivity index (χ1) is 8.06. The molecule has 0 unspecified atom stereocenters. The van der Waals surface area contributed by atoms with Gasteiger partial charge >= 0.3 is 0 Å². The number of halogens is 1. The second kappa shape index (κ2) is 6.29. The van der Waals surface area contributed by atoms with E-state index < -0.39 is 25.4 Å². The molecule has 0 saturated heterocycles. The van der Waals surface area contributed by atoms with E-state index in [4.69, 9.17) is 15.3 Å². The molecule has 4 N–H and O–H groups in total. The van der Waals surface area contributed by atoms with E-state index in [9.17, 15) is 5.11 Å². The molecular weight excluding hydrogens is 337 g/mol. The van der Waals surface area contributed by atoms with Crippen molar-refractivity contribution < 1.29 is 20.4 Å². The van der Waals surface area contributed by atoms with Gasteiger partial charge in [0.15, 0.2) is 0 Å². The minimum Gasteiger partial charge on any atom is -0.507 e. The van der Waals surface area contributed by atoms with Crippen LogP contribution in [-0.4, -0.2) is 52.0 Å². The Morgan fingerprint density at radius 2 is 1.76 bits per heavy atom. The Balaban J connectivity index is 2.99. The lowest BCUT2D eigenvalue weighted by atomic mass is 10.0. The van der Waals surface area contributed by atoms with E-state index >= 15 is 0 Å². The van der Waals surface area contributed by atoms with E-state index in [1.54, 1.807) is 12.1 Å². The number of aromatic hydroxyl groups is 1. The highest BCUT2D eigenvalue weighted by molar-refractivity contribution is 14.1. The van der Waals surface area contributed by atoms with Crippen molar-refractivity contribution in [1.29, 1.82) is 0 Å². The van der Waals surface area contributed by atoms with Gasteiger partial charge in [-0.3, -0.25) is 4.99 Å². The Morgan fingerprint density at radius 3 is 2.29 bits per heavy atom. The summed E-state index contributed by atoms with van der Waals surface area (Å²) >= 11 is 2.09. The van der Waals surface area contributed by atoms with Crippen molar-refractivity contribution in [3.63, 3.8) is 0 Å². The van der Waals surface area contributed by atoms with Crippen LogP contribution in [0.1, 0.15) is 5.56 Å². The number of hydrogen-bond acceptors (Lipinski definition) is 5. The lowest BCUT2D eigenvalue weighted by Gasteiger charge is -2.22. The lowest BCUT2D eigenvalue weighted by Crippen LogP contribution is -2.39. The van der Waals surface area contributed by atoms with Crippen molar-refractivity contribution in [2.45, 2.75) is 5.54 Å². The summed E-state index contributed by atoms with van der Waals surface area (Å²) in [5.41, 5.74) is -0.843. The second-order valence-electron chi connectivity index (χ2n) is 3.66. The molecule has 0 fully saturated rings. The normalized spacial score (nSPS) is 12.2. The molecule has 0 aromatic heterocycles. The maximum atomic E-state index is 9.57. The van der Waals surface area contributed by atoms with Gasteiger partial charge in [-0.05, 0) is 40.8 Å². The first kappa shape index (κ1) is 14.4. The number of phenols is 1. The zero-order valence-electron chi connectivity index (χ0n) is 9.04. The molecule has 17 heavy (non-hydrogen) atoms. The van der Waals surface area contributed by atoms with E-state index in [0.29, 0.717) is 5.56 Å². The maximum absolute atomic E-state index is 9.57. The molecule has 1 aromatic rings. The Bertz CT molecular complexity index is 396. The third-order valence-electron chi connectivity index (χ3n) is 2.35. The highest BCUT2D eigenvalue weighted by Crippen LogP contribution is 2.19. The summed E-state index contributed by atoms with van der Waals surface area (Å²) in [4.78, 5) is 3.94. The van der Waals surface area contributed by atoms with Crippen molar-refractivity contribution in [2.24, 2.45) is 4.99 Å². The average molecular weight is 351 g/mol. The highest BCUT2D eigenvalue weighted by atomic mass is 127. The van der Waals surface area contributed by atoms with Crippen LogP contribution in [0.4, 0.5) is 0 Å². The third kappa shape index (κ3) is 3.63. The zero-order chi connectivity index (χ0) is 12.9. The lowest BCUT2D eigenvalue weighted by molar-refractivity contribution is 0.0718. The predicted octanol–water partition coefficient (Wildman–Crippen LogP) is 0.131. The van der Waals surface area contributed by atoms with Gasteiger partial charge in [-0.15, -0.1) is 0 Å². The Labute approximate surface area is 113 Å². The molecular formula is C11H14INO4. The van der Waals surface area contributed by atoms with Crippen LogP contribution < -0.4 is 0 Å². The average Bonchev–Trinajstić information content (AvgIpc) is 2.35. The fraction of sp³-hybridized carbons (Fsp3) is 0.364. The summed E-state index contributed by atoms with van der Waals surface area (Å²) < 4.78 is 0.921. The van der Waals surface area contributed by atoms with Crippen LogP contribution in [0.3, 0.4) is 0 Å². The van der Waals surface area contributed by atoms with Crippen LogP contribution in [0, 0.1) is 3.57 Å². The highest BCUT2D eigenvalue weighted by Gasteiger charge is 2.26. The van der Waals surface area contributed by atoms with Gasteiger partial charge in [-0.25, -0.2) is 0 Å². The Morgan fingerprint density at radius 1 is 1.18 bits per heavy atom. The van der Waals surface area contributed by atoms with Crippen LogP contribution in [0.5, 0.6) is 5.75 Å². The molecule has 0 aliphatic heterocycles. The van der Waals surface area contributed by atoms with Gasteiger partial charge in [0.05, 0.1) is 19.8 Å². The first-order valence-corrected chi connectivity index (χ1v) is 6.01. The smallest absolute Gasteiger partial charge is 0.129 e. The number of aliphatic hydroxyl groups excluding tert-OH is 3. The van der Waals surface area contributed by atoms with E-state index in [2.05, 4.69) is 27.6 Å². The van der Waals surface area contributed by atoms with Crippen molar-refractivity contribution in [3.05, 3.63) is 27.3 Å². The van der Waals surface area contributed by atoms with Crippen molar-refractivity contribution in [2.75, 3.05) is 19.8 Å². The molecule has 0 radical (unpaired) electrons. The van der Waals surface area contributed by atoms with E-state index in [1.165, 1.54) is 12.3 Å². The molecule has 6 heteroatoms. The third-order valence-corrected chi connectivity index (χ3v) is 3.02. The van der Waals surface area contributed by atoms with E-state index in [-0.39, 0.29) is 5.75 Å². The van der Waals surface area contributed by atoms with Crippen molar-refractivity contribution in [1.82, 2.24) is 0 Å². The molecule has 5 nitrogen and oxygen atoms in total. The second-order valence-corrected chi connectivity index (χ2v) is 4.91. The van der Waals surface area contributed by atoms with Gasteiger partial charge in [0, 0.05) is 15.3 Å². The summed E-state index contributed by atoms with van der Waals surface area (Å²) in [5.74, 6) is 0.0527. The molecule has 0 atom stereocenters. The fourth-order valence-corrected chi connectivity index (χ4v) is 1.62. The van der Waals surface area contributed by atoms with Crippen LogP contribution in [0.25, 0.3) is 0 Å². The van der Waals surface area contributed by atoms with Gasteiger partial charge in [0.1, 0.15) is 11.3 Å². The molecule has 1 aromatic carbocycles. The zero-order valence-corrected chi connectivity index (χ0v) is 11.2. The van der Waals surface area contributed by atoms with Crippen LogP contribution in [0.15, 0.2) is 23.2 Å². The summed E-state index contributed by atoms with van der Waals surface area (Å²) in [6.07, 6.45) is 1.33. The minimum atomic E-state index is -1.31. The van der Waals surface area contributed by atoms with Crippen LogP contribution in [0.2, 0.25) is 0 Å². The monoisotopic (exact) mass is 351 g/mol. The number of aliphatic hydroxyl groups is 3. The summed E-state index contributed by atoms with van der Waals surface area (Å²) in [5, 5.41) is 36.8. The summed E-state index contributed by atoms with van der Waals surface area (Å²) in [6, 6.07) is 4.97. The molecule has 0 aliphatic rings. The molecule has 0 saturated carbocycles. The largest absolute Gasteiger partial charge is 0.507 e. The molecule has 0 aliphatic carbocycles. The SMILES string of the molecule is OCC(CO)(CO)N=Cc1cc(I)ccc1O. The topological polar surface area (TPSA) is 93.3 Å². The standard InChI is InChI=1S/C11H14INO4/c12-9-1-2-10(17)8(3-9)4-13-11(5-14,6-15)7-16/h1-4,14-17H,5-7H2. The first-order valence-electron chi connectivity index (χ1n) is 4.93. The number of benzene rings is 1. The molecule has 94 valence electrons. The summed E-state index contributed by atoms with van der Waals surface area (Å²) in [6.45, 7) is -1.41. The Kier molecular flexibility index (Phi) is 5.31. The van der Waals surface area contributed by atoms with E-state index in [0.717, 1.165) is 3.57 Å². The quantitative estimate of drug-likeness (QED) is 0.448. The molecule has 0 amide bonds. The minimum absolute atomic E-state index is 0.0527. The van der Waals surface area contributed by atoms with Gasteiger partial charge in [0.2, 0.25) is 0 Å². The maximum Gasteiger partial charge on any atom is 0.129 e. The van der Waals surface area contributed by atoms with Gasteiger partial charge in [-0.2, -0.15) is 0 Å². The number of hydrogen-bond donors (Lipinski definition) is 4. The number of phenolic OH excluding ortho intramolecular Hbond substituents is 1. The Hall–Kier alpha value is -0.700. The van der Waals surface area contributed by atoms with Crippen LogP contribution >= 0.6 is 22.6 Å². The van der Waals surface area contributed by atoms with Gasteiger partial charge < -0.3 is 20.4 Å². The summed E-state index contributed by atoms with van der Waals surface area (Å²) in [7, 11) is 0. The van der Waals surface area contributed by atoms with E-state index in [1.807, 2.05) is 0 Å². The molecule has 0 heterocycles.